The summed E-state index contributed by atoms with van der Waals surface area (Å²) < 4.78 is 26.4. The quantitative estimate of drug-likeness (QED) is 0.546. The Morgan fingerprint density at radius 3 is 2.83 bits per heavy atom. The number of amides is 1. The van der Waals surface area contributed by atoms with Crippen LogP contribution in [0, 0.1) is 5.82 Å². The standard InChI is InChI=1S/C20H22FN5O4/c1-29-19(27)10-14-4-7-24(8-5-14)18-3-2-15(11-17(18)21)26-13-16(30-20(26)28)12-25-9-6-22-23-25/h2-3,6,9-11,16H,4-5,7-8,12-13H2,1H3/t16-/m0/s1. The number of rotatable bonds is 5. The molecule has 2 aromatic rings. The Morgan fingerprint density at radius 1 is 1.37 bits per heavy atom. The molecule has 10 heteroatoms. The molecular weight excluding hydrogens is 393 g/mol. The summed E-state index contributed by atoms with van der Waals surface area (Å²) in [4.78, 5) is 27.0. The second-order valence-corrected chi connectivity index (χ2v) is 7.19. The molecule has 1 amide bonds. The third kappa shape index (κ3) is 4.27. The minimum absolute atomic E-state index is 0.308. The molecule has 0 unspecified atom stereocenters. The van der Waals surface area contributed by atoms with Gasteiger partial charge >= 0.3 is 12.1 Å². The number of cyclic esters (lactones) is 1. The molecule has 4 rings (SSSR count). The SMILES string of the molecule is COC(=O)C=C1CCN(c2ccc(N3C[C@H](Cn4ccnn4)OC3=O)cc2F)CC1. The Hall–Kier alpha value is -3.43. The number of aromatic nitrogens is 3. The zero-order valence-electron chi connectivity index (χ0n) is 16.5. The molecule has 0 N–H and O–H groups in total. The lowest BCUT2D eigenvalue weighted by Gasteiger charge is -2.31. The molecule has 9 nitrogen and oxygen atoms in total. The molecule has 2 aliphatic rings. The van der Waals surface area contributed by atoms with Gasteiger partial charge in [0.25, 0.3) is 0 Å². The Morgan fingerprint density at radius 2 is 2.17 bits per heavy atom. The number of carbonyl (C=O) groups is 2. The summed E-state index contributed by atoms with van der Waals surface area (Å²) in [7, 11) is 1.35. The second kappa shape index (κ2) is 8.52. The maximum Gasteiger partial charge on any atom is 0.414 e. The lowest BCUT2D eigenvalue weighted by atomic mass is 10.0. The van der Waals surface area contributed by atoms with Crippen molar-refractivity contribution >= 4 is 23.4 Å². The highest BCUT2D eigenvalue weighted by Crippen LogP contribution is 2.30. The van der Waals surface area contributed by atoms with Gasteiger partial charge in [0.05, 0.1) is 37.8 Å². The van der Waals surface area contributed by atoms with Crippen LogP contribution in [0.3, 0.4) is 0 Å². The third-order valence-electron chi connectivity index (χ3n) is 5.25. The van der Waals surface area contributed by atoms with Gasteiger partial charge in [0.1, 0.15) is 11.9 Å². The third-order valence-corrected chi connectivity index (χ3v) is 5.25. The first-order valence-electron chi connectivity index (χ1n) is 9.67. The van der Waals surface area contributed by atoms with Gasteiger partial charge in [0, 0.05) is 25.4 Å². The number of anilines is 2. The molecule has 0 bridgehead atoms. The molecule has 1 aromatic heterocycles. The lowest BCUT2D eigenvalue weighted by Crippen LogP contribution is -2.32. The van der Waals surface area contributed by atoms with Crippen molar-refractivity contribution in [1.82, 2.24) is 15.0 Å². The van der Waals surface area contributed by atoms with Crippen molar-refractivity contribution in [3.63, 3.8) is 0 Å². The number of carbonyl (C=O) groups excluding carboxylic acids is 2. The molecule has 0 radical (unpaired) electrons. The fraction of sp³-hybridized carbons (Fsp3) is 0.400. The molecule has 0 aliphatic carbocycles. The van der Waals surface area contributed by atoms with Crippen molar-refractivity contribution in [2.45, 2.75) is 25.5 Å². The van der Waals surface area contributed by atoms with E-state index in [1.807, 2.05) is 4.90 Å². The van der Waals surface area contributed by atoms with Crippen LogP contribution in [-0.4, -0.2) is 59.9 Å². The normalized spacial score (nSPS) is 19.1. The number of nitrogens with zero attached hydrogens (tertiary/aromatic N) is 5. The number of piperidine rings is 1. The van der Waals surface area contributed by atoms with Gasteiger partial charge in [-0.25, -0.2) is 18.7 Å². The van der Waals surface area contributed by atoms with E-state index in [0.717, 1.165) is 5.57 Å². The first-order valence-corrected chi connectivity index (χ1v) is 9.67. The zero-order chi connectivity index (χ0) is 21.1. The van der Waals surface area contributed by atoms with E-state index in [0.29, 0.717) is 50.4 Å². The number of ether oxygens (including phenoxy) is 2. The summed E-state index contributed by atoms with van der Waals surface area (Å²) in [6.07, 6.45) is 5.18. The number of hydrogen-bond acceptors (Lipinski definition) is 7. The Balaban J connectivity index is 1.41. The van der Waals surface area contributed by atoms with Gasteiger partial charge in [0.15, 0.2) is 0 Å². The number of esters is 1. The minimum atomic E-state index is -0.511. The van der Waals surface area contributed by atoms with Crippen molar-refractivity contribution in [1.29, 1.82) is 0 Å². The number of benzene rings is 1. The van der Waals surface area contributed by atoms with Gasteiger partial charge in [-0.15, -0.1) is 5.10 Å². The van der Waals surface area contributed by atoms with Crippen molar-refractivity contribution in [2.75, 3.05) is 36.5 Å². The van der Waals surface area contributed by atoms with Crippen LogP contribution in [0.2, 0.25) is 0 Å². The van der Waals surface area contributed by atoms with Crippen LogP contribution in [-0.2, 0) is 20.8 Å². The van der Waals surface area contributed by atoms with Gasteiger partial charge in [-0.05, 0) is 31.0 Å². The smallest absolute Gasteiger partial charge is 0.414 e. The molecule has 1 atom stereocenters. The molecule has 1 aromatic carbocycles. The predicted molar refractivity (Wildman–Crippen MR) is 106 cm³/mol. The monoisotopic (exact) mass is 415 g/mol. The first-order chi connectivity index (χ1) is 14.5. The van der Waals surface area contributed by atoms with Gasteiger partial charge in [0.2, 0.25) is 0 Å². The largest absolute Gasteiger partial charge is 0.466 e. The highest BCUT2D eigenvalue weighted by molar-refractivity contribution is 5.90. The lowest BCUT2D eigenvalue weighted by molar-refractivity contribution is -0.134. The predicted octanol–water partition coefficient (Wildman–Crippen LogP) is 2.14. The molecule has 2 saturated heterocycles. The number of hydrogen-bond donors (Lipinski definition) is 0. The van der Waals surface area contributed by atoms with E-state index in [1.165, 1.54) is 24.2 Å². The van der Waals surface area contributed by atoms with Gasteiger partial charge in [-0.1, -0.05) is 10.8 Å². The zero-order valence-corrected chi connectivity index (χ0v) is 16.5. The summed E-state index contributed by atoms with van der Waals surface area (Å²) in [6.45, 7) is 1.90. The van der Waals surface area contributed by atoms with Gasteiger partial charge < -0.3 is 14.4 Å². The highest BCUT2D eigenvalue weighted by atomic mass is 19.1. The van der Waals surface area contributed by atoms with Crippen molar-refractivity contribution < 1.29 is 23.5 Å². The first kappa shape index (κ1) is 19.9. The second-order valence-electron chi connectivity index (χ2n) is 7.19. The topological polar surface area (TPSA) is 89.8 Å². The Labute approximate surface area is 172 Å². The molecule has 2 aliphatic heterocycles. The number of methoxy groups -OCH3 is 1. The maximum atomic E-state index is 14.8. The van der Waals surface area contributed by atoms with Crippen LogP contribution in [0.1, 0.15) is 12.8 Å². The van der Waals surface area contributed by atoms with E-state index in [2.05, 4.69) is 15.0 Å². The molecule has 0 spiro atoms. The van der Waals surface area contributed by atoms with Crippen molar-refractivity contribution in [3.05, 3.63) is 48.1 Å². The van der Waals surface area contributed by atoms with Crippen LogP contribution < -0.4 is 9.80 Å². The fourth-order valence-corrected chi connectivity index (χ4v) is 3.69. The van der Waals surface area contributed by atoms with Gasteiger partial charge in [-0.2, -0.15) is 0 Å². The van der Waals surface area contributed by atoms with Crippen molar-refractivity contribution in [2.24, 2.45) is 0 Å². The number of halogens is 1. The van der Waals surface area contributed by atoms with E-state index in [1.54, 1.807) is 29.2 Å². The van der Waals surface area contributed by atoms with Crippen LogP contribution in [0.25, 0.3) is 0 Å². The van der Waals surface area contributed by atoms with Crippen molar-refractivity contribution in [3.8, 4) is 0 Å². The molecule has 30 heavy (non-hydrogen) atoms. The summed E-state index contributed by atoms with van der Waals surface area (Å²) in [5.74, 6) is -0.769. The molecule has 2 fully saturated rings. The molecule has 0 saturated carbocycles. The highest BCUT2D eigenvalue weighted by Gasteiger charge is 2.33. The fourth-order valence-electron chi connectivity index (χ4n) is 3.69. The van der Waals surface area contributed by atoms with Gasteiger partial charge in [-0.3, -0.25) is 4.90 Å². The average molecular weight is 415 g/mol. The van der Waals surface area contributed by atoms with E-state index in [9.17, 15) is 14.0 Å². The van der Waals surface area contributed by atoms with E-state index < -0.39 is 11.9 Å². The average Bonchev–Trinajstić information content (AvgIpc) is 3.38. The summed E-state index contributed by atoms with van der Waals surface area (Å²) in [5.41, 5.74) is 1.92. The summed E-state index contributed by atoms with van der Waals surface area (Å²) in [5, 5.41) is 7.60. The minimum Gasteiger partial charge on any atom is -0.466 e. The van der Waals surface area contributed by atoms with E-state index >= 15 is 0 Å². The van der Waals surface area contributed by atoms with Crippen LogP contribution >= 0.6 is 0 Å². The maximum absolute atomic E-state index is 14.8. The van der Waals surface area contributed by atoms with E-state index in [-0.39, 0.29) is 12.1 Å². The van der Waals surface area contributed by atoms with Crippen LogP contribution in [0.15, 0.2) is 42.2 Å². The Kier molecular flexibility index (Phi) is 5.64. The Bertz CT molecular complexity index is 952. The van der Waals surface area contributed by atoms with Crippen LogP contribution in [0.4, 0.5) is 20.6 Å². The van der Waals surface area contributed by atoms with E-state index in [4.69, 9.17) is 4.74 Å². The molecule has 158 valence electrons. The molecular formula is C20H22FN5O4. The molecule has 3 heterocycles. The summed E-state index contributed by atoms with van der Waals surface area (Å²) >= 11 is 0. The summed E-state index contributed by atoms with van der Waals surface area (Å²) in [6, 6.07) is 4.75. The van der Waals surface area contributed by atoms with Crippen LogP contribution in [0.5, 0.6) is 0 Å².